The van der Waals surface area contributed by atoms with Crippen molar-refractivity contribution in [3.8, 4) is 5.75 Å². The summed E-state index contributed by atoms with van der Waals surface area (Å²) in [7, 11) is 0. The molecule has 0 saturated heterocycles. The standard InChI is InChI=1S/C16H21ClN2O4/c1-9(15(21)22)16(2,3)19-14(20)12-6-13(11(17)7-18-12)23-8-10-4-5-10/h6-7,9-10H,4-5,8H2,1-3H3,(H,19,20)(H,21,22). The van der Waals surface area contributed by atoms with Crippen molar-refractivity contribution in [1.82, 2.24) is 10.3 Å². The van der Waals surface area contributed by atoms with Gasteiger partial charge in [0.1, 0.15) is 16.5 Å². The molecule has 1 fully saturated rings. The third-order valence-electron chi connectivity index (χ3n) is 4.11. The number of carbonyl (C=O) groups excluding carboxylic acids is 1. The van der Waals surface area contributed by atoms with Crippen LogP contribution in [0.3, 0.4) is 0 Å². The molecule has 2 rings (SSSR count). The van der Waals surface area contributed by atoms with Gasteiger partial charge in [0.2, 0.25) is 0 Å². The molecule has 2 N–H and O–H groups in total. The number of carboxylic acids is 1. The molecule has 1 atom stereocenters. The van der Waals surface area contributed by atoms with Gasteiger partial charge in [-0.2, -0.15) is 0 Å². The number of carbonyl (C=O) groups is 2. The molecule has 1 saturated carbocycles. The molecule has 7 heteroatoms. The van der Waals surface area contributed by atoms with Crippen molar-refractivity contribution in [2.24, 2.45) is 11.8 Å². The second-order valence-corrected chi connectivity index (χ2v) is 6.90. The molecular weight excluding hydrogens is 320 g/mol. The molecule has 1 aromatic heterocycles. The van der Waals surface area contributed by atoms with Gasteiger partial charge in [0, 0.05) is 11.6 Å². The zero-order valence-corrected chi connectivity index (χ0v) is 14.2. The van der Waals surface area contributed by atoms with E-state index >= 15 is 0 Å². The first-order chi connectivity index (χ1) is 10.7. The number of halogens is 1. The minimum atomic E-state index is -0.979. The summed E-state index contributed by atoms with van der Waals surface area (Å²) in [5.74, 6) is -1.21. The molecule has 126 valence electrons. The number of nitrogens with zero attached hydrogens (tertiary/aromatic N) is 1. The van der Waals surface area contributed by atoms with E-state index in [1.807, 2.05) is 0 Å². The molecule has 0 aromatic carbocycles. The Bertz CT molecular complexity index is 614. The predicted octanol–water partition coefficient (Wildman–Crippen LogP) is 2.75. The third-order valence-corrected chi connectivity index (χ3v) is 4.40. The number of nitrogens with one attached hydrogen (secondary N) is 1. The van der Waals surface area contributed by atoms with E-state index in [1.54, 1.807) is 20.8 Å². The third kappa shape index (κ3) is 4.58. The van der Waals surface area contributed by atoms with Crippen molar-refractivity contribution in [3.05, 3.63) is 23.0 Å². The predicted molar refractivity (Wildman–Crippen MR) is 85.8 cm³/mol. The molecule has 6 nitrogen and oxygen atoms in total. The molecule has 0 aliphatic heterocycles. The van der Waals surface area contributed by atoms with Crippen molar-refractivity contribution >= 4 is 23.5 Å². The van der Waals surface area contributed by atoms with Gasteiger partial charge in [0.05, 0.1) is 18.7 Å². The Kier molecular flexibility index (Phi) is 5.14. The summed E-state index contributed by atoms with van der Waals surface area (Å²) in [6.07, 6.45) is 3.67. The van der Waals surface area contributed by atoms with E-state index in [-0.39, 0.29) is 5.69 Å². The number of hydrogen-bond acceptors (Lipinski definition) is 4. The summed E-state index contributed by atoms with van der Waals surface area (Å²) >= 11 is 6.03. The van der Waals surface area contributed by atoms with Crippen LogP contribution >= 0.6 is 11.6 Å². The fourth-order valence-electron chi connectivity index (χ4n) is 1.92. The van der Waals surface area contributed by atoms with E-state index in [1.165, 1.54) is 12.3 Å². The maximum Gasteiger partial charge on any atom is 0.308 e. The number of amides is 1. The van der Waals surface area contributed by atoms with Crippen molar-refractivity contribution in [2.45, 2.75) is 39.2 Å². The smallest absolute Gasteiger partial charge is 0.308 e. The maximum atomic E-state index is 12.3. The Morgan fingerprint density at radius 2 is 2.17 bits per heavy atom. The average molecular weight is 341 g/mol. The van der Waals surface area contributed by atoms with Crippen LogP contribution in [0.25, 0.3) is 0 Å². The van der Waals surface area contributed by atoms with E-state index in [4.69, 9.17) is 21.4 Å². The van der Waals surface area contributed by atoms with Crippen LogP contribution in [0.5, 0.6) is 5.75 Å². The van der Waals surface area contributed by atoms with Gasteiger partial charge in [-0.15, -0.1) is 0 Å². The quantitative estimate of drug-likeness (QED) is 0.796. The van der Waals surface area contributed by atoms with Gasteiger partial charge in [-0.1, -0.05) is 11.6 Å². The average Bonchev–Trinajstić information content (AvgIpc) is 3.29. The van der Waals surface area contributed by atoms with Gasteiger partial charge in [-0.3, -0.25) is 9.59 Å². The Morgan fingerprint density at radius 1 is 1.52 bits per heavy atom. The van der Waals surface area contributed by atoms with Crippen molar-refractivity contribution in [1.29, 1.82) is 0 Å². The van der Waals surface area contributed by atoms with Gasteiger partial charge in [0.25, 0.3) is 5.91 Å². The molecule has 0 bridgehead atoms. The molecule has 0 radical (unpaired) electrons. The summed E-state index contributed by atoms with van der Waals surface area (Å²) in [6, 6.07) is 1.49. The number of ether oxygens (including phenoxy) is 1. The van der Waals surface area contributed by atoms with Gasteiger partial charge in [-0.25, -0.2) is 4.98 Å². The molecule has 1 unspecified atom stereocenters. The molecule has 0 spiro atoms. The molecule has 1 aliphatic rings. The van der Waals surface area contributed by atoms with Crippen molar-refractivity contribution in [2.75, 3.05) is 6.61 Å². The van der Waals surface area contributed by atoms with Crippen LogP contribution in [0.1, 0.15) is 44.1 Å². The Morgan fingerprint density at radius 3 is 2.74 bits per heavy atom. The molecule has 23 heavy (non-hydrogen) atoms. The summed E-state index contributed by atoms with van der Waals surface area (Å²) in [4.78, 5) is 27.4. The maximum absolute atomic E-state index is 12.3. The minimum Gasteiger partial charge on any atom is -0.492 e. The Balaban J connectivity index is 2.09. The largest absolute Gasteiger partial charge is 0.492 e. The van der Waals surface area contributed by atoms with Crippen LogP contribution in [0.2, 0.25) is 5.02 Å². The fraction of sp³-hybridized carbons (Fsp3) is 0.562. The van der Waals surface area contributed by atoms with Crippen LogP contribution in [0, 0.1) is 11.8 Å². The van der Waals surface area contributed by atoms with Crippen LogP contribution in [0.15, 0.2) is 12.3 Å². The highest BCUT2D eigenvalue weighted by Gasteiger charge is 2.33. The summed E-state index contributed by atoms with van der Waals surface area (Å²) in [6.45, 7) is 5.43. The van der Waals surface area contributed by atoms with E-state index in [2.05, 4.69) is 10.3 Å². The monoisotopic (exact) mass is 340 g/mol. The van der Waals surface area contributed by atoms with Crippen LogP contribution in [-0.4, -0.2) is 34.1 Å². The zero-order valence-electron chi connectivity index (χ0n) is 13.4. The van der Waals surface area contributed by atoms with E-state index < -0.39 is 23.3 Å². The van der Waals surface area contributed by atoms with Crippen LogP contribution in [-0.2, 0) is 4.79 Å². The van der Waals surface area contributed by atoms with Crippen molar-refractivity contribution < 1.29 is 19.4 Å². The van der Waals surface area contributed by atoms with Crippen LogP contribution < -0.4 is 10.1 Å². The van der Waals surface area contributed by atoms with E-state index in [0.29, 0.717) is 23.3 Å². The zero-order chi connectivity index (χ0) is 17.2. The summed E-state index contributed by atoms with van der Waals surface area (Å²) in [5, 5.41) is 12.1. The molecule has 1 amide bonds. The molecule has 1 heterocycles. The SMILES string of the molecule is CC(C(=O)O)C(C)(C)NC(=O)c1cc(OCC2CC2)c(Cl)cn1. The number of rotatable bonds is 7. The lowest BCUT2D eigenvalue weighted by molar-refractivity contribution is -0.143. The highest BCUT2D eigenvalue weighted by Crippen LogP contribution is 2.31. The fourth-order valence-corrected chi connectivity index (χ4v) is 2.08. The normalized spacial score (nSPS) is 15.8. The van der Waals surface area contributed by atoms with E-state index in [0.717, 1.165) is 12.8 Å². The highest BCUT2D eigenvalue weighted by atomic mass is 35.5. The number of hydrogen-bond donors (Lipinski definition) is 2. The lowest BCUT2D eigenvalue weighted by Crippen LogP contribution is -2.50. The molecular formula is C16H21ClN2O4. The Hall–Kier alpha value is -1.82. The van der Waals surface area contributed by atoms with Crippen molar-refractivity contribution in [3.63, 3.8) is 0 Å². The molecule has 1 aromatic rings. The van der Waals surface area contributed by atoms with Gasteiger partial charge in [0.15, 0.2) is 0 Å². The molecule has 1 aliphatic carbocycles. The topological polar surface area (TPSA) is 88.5 Å². The lowest BCUT2D eigenvalue weighted by atomic mass is 9.89. The second-order valence-electron chi connectivity index (χ2n) is 6.49. The number of pyridine rings is 1. The van der Waals surface area contributed by atoms with Gasteiger partial charge < -0.3 is 15.2 Å². The highest BCUT2D eigenvalue weighted by molar-refractivity contribution is 6.32. The van der Waals surface area contributed by atoms with Gasteiger partial charge in [-0.05, 0) is 39.5 Å². The number of aliphatic carboxylic acids is 1. The number of aromatic nitrogens is 1. The number of carboxylic acid groups (broad SMARTS) is 1. The van der Waals surface area contributed by atoms with Gasteiger partial charge >= 0.3 is 5.97 Å². The first-order valence-corrected chi connectivity index (χ1v) is 7.92. The minimum absolute atomic E-state index is 0.144. The van der Waals surface area contributed by atoms with Crippen LogP contribution in [0.4, 0.5) is 0 Å². The first-order valence-electron chi connectivity index (χ1n) is 7.54. The lowest BCUT2D eigenvalue weighted by Gasteiger charge is -2.30. The Labute approximate surface area is 140 Å². The van der Waals surface area contributed by atoms with E-state index in [9.17, 15) is 9.59 Å². The first kappa shape index (κ1) is 17.5. The summed E-state index contributed by atoms with van der Waals surface area (Å²) in [5.41, 5.74) is -0.773. The summed E-state index contributed by atoms with van der Waals surface area (Å²) < 4.78 is 5.62. The second kappa shape index (κ2) is 6.74.